The summed E-state index contributed by atoms with van der Waals surface area (Å²) in [6, 6.07) is 13.2. The molecule has 220 valence electrons. The summed E-state index contributed by atoms with van der Waals surface area (Å²) in [5, 5.41) is 2.92. The number of esters is 1. The average Bonchev–Trinajstić information content (AvgIpc) is 2.98. The minimum atomic E-state index is -0.693. The van der Waals surface area contributed by atoms with E-state index in [0.29, 0.717) is 31.1 Å². The van der Waals surface area contributed by atoms with Crippen LogP contribution in [0, 0.1) is 12.8 Å². The molecule has 1 amide bonds. The van der Waals surface area contributed by atoms with Crippen LogP contribution in [0.25, 0.3) is 11.1 Å². The van der Waals surface area contributed by atoms with E-state index in [4.69, 9.17) is 14.2 Å². The van der Waals surface area contributed by atoms with Crippen LogP contribution < -0.4 is 5.32 Å². The number of methoxy groups -OCH3 is 1. The third-order valence-corrected chi connectivity index (χ3v) is 8.27. The number of hydrogen-bond donors (Lipinski definition) is 1. The van der Waals surface area contributed by atoms with Crippen LogP contribution in [0.4, 0.5) is 0 Å². The summed E-state index contributed by atoms with van der Waals surface area (Å²) < 4.78 is 17.3. The topological polar surface area (TPSA) is 73.9 Å². The van der Waals surface area contributed by atoms with Crippen LogP contribution in [0.5, 0.6) is 0 Å². The van der Waals surface area contributed by atoms with Crippen molar-refractivity contribution in [3.05, 3.63) is 59.2 Å². The number of ether oxygens (including phenoxy) is 3. The van der Waals surface area contributed by atoms with Gasteiger partial charge in [-0.25, -0.2) is 4.79 Å². The molecule has 2 unspecified atom stereocenters. The highest BCUT2D eigenvalue weighted by Crippen LogP contribution is 2.31. The number of amides is 1. The summed E-state index contributed by atoms with van der Waals surface area (Å²) in [4.78, 5) is 25.9. The number of nitrogens with one attached hydrogen (secondary N) is 1. The van der Waals surface area contributed by atoms with Crippen molar-refractivity contribution in [2.24, 2.45) is 5.92 Å². The molecular formula is C33H47NO5S. The Labute approximate surface area is 244 Å². The van der Waals surface area contributed by atoms with Gasteiger partial charge in [0.15, 0.2) is 0 Å². The maximum absolute atomic E-state index is 13.5. The van der Waals surface area contributed by atoms with Crippen molar-refractivity contribution < 1.29 is 23.8 Å². The van der Waals surface area contributed by atoms with E-state index in [2.05, 4.69) is 18.3 Å². The Balaban J connectivity index is 1.82. The van der Waals surface area contributed by atoms with Crippen LogP contribution in [-0.2, 0) is 25.6 Å². The number of hydrogen-bond acceptors (Lipinski definition) is 6. The van der Waals surface area contributed by atoms with Crippen molar-refractivity contribution in [1.29, 1.82) is 0 Å². The van der Waals surface area contributed by atoms with Gasteiger partial charge in [0, 0.05) is 12.2 Å². The lowest BCUT2D eigenvalue weighted by Crippen LogP contribution is -2.42. The summed E-state index contributed by atoms with van der Waals surface area (Å²) in [5.41, 5.74) is 4.42. The molecule has 40 heavy (non-hydrogen) atoms. The van der Waals surface area contributed by atoms with Gasteiger partial charge in [-0.3, -0.25) is 4.79 Å². The fourth-order valence-corrected chi connectivity index (χ4v) is 5.86. The zero-order chi connectivity index (χ0) is 28.7. The SMILES string of the molecule is CCCOCC(CC1CCCCC1)OCc1ccc(C(=O)NC(CCSC)C(=O)OC)c(-c2ccccc2C)c1. The van der Waals surface area contributed by atoms with Gasteiger partial charge in [0.2, 0.25) is 0 Å². The van der Waals surface area contributed by atoms with Gasteiger partial charge in [-0.15, -0.1) is 0 Å². The van der Waals surface area contributed by atoms with E-state index in [9.17, 15) is 9.59 Å². The predicted octanol–water partition coefficient (Wildman–Crippen LogP) is 6.97. The molecule has 2 aromatic rings. The van der Waals surface area contributed by atoms with Crippen LogP contribution in [0.1, 0.15) is 79.8 Å². The van der Waals surface area contributed by atoms with Gasteiger partial charge in [0.25, 0.3) is 5.91 Å². The highest BCUT2D eigenvalue weighted by molar-refractivity contribution is 7.98. The molecule has 1 fully saturated rings. The minimum Gasteiger partial charge on any atom is -0.467 e. The largest absolute Gasteiger partial charge is 0.467 e. The smallest absolute Gasteiger partial charge is 0.328 e. The summed E-state index contributed by atoms with van der Waals surface area (Å²) in [6.45, 7) is 5.97. The van der Waals surface area contributed by atoms with E-state index in [1.807, 2.05) is 49.6 Å². The van der Waals surface area contributed by atoms with Crippen LogP contribution in [0.2, 0.25) is 0 Å². The van der Waals surface area contributed by atoms with Gasteiger partial charge >= 0.3 is 5.97 Å². The normalized spacial score (nSPS) is 15.4. The fraction of sp³-hybridized carbons (Fsp3) is 0.576. The zero-order valence-corrected chi connectivity index (χ0v) is 25.5. The first-order chi connectivity index (χ1) is 19.5. The molecule has 2 atom stereocenters. The molecule has 0 saturated heterocycles. The van der Waals surface area contributed by atoms with Crippen molar-refractivity contribution in [3.63, 3.8) is 0 Å². The molecule has 6 nitrogen and oxygen atoms in total. The molecule has 0 radical (unpaired) electrons. The Hall–Kier alpha value is -2.35. The molecule has 0 aromatic heterocycles. The molecule has 0 aliphatic heterocycles. The third kappa shape index (κ3) is 9.93. The van der Waals surface area contributed by atoms with Gasteiger partial charge in [-0.05, 0) is 78.5 Å². The first-order valence-corrected chi connectivity index (χ1v) is 16.1. The zero-order valence-electron chi connectivity index (χ0n) is 24.7. The third-order valence-electron chi connectivity index (χ3n) is 7.62. The molecule has 1 aliphatic carbocycles. The lowest BCUT2D eigenvalue weighted by Gasteiger charge is -2.27. The summed E-state index contributed by atoms with van der Waals surface area (Å²) >= 11 is 1.63. The molecule has 1 N–H and O–H groups in total. The highest BCUT2D eigenvalue weighted by atomic mass is 32.2. The first-order valence-electron chi connectivity index (χ1n) is 14.7. The fourth-order valence-electron chi connectivity index (χ4n) is 5.39. The number of aryl methyl sites for hydroxylation is 1. The van der Waals surface area contributed by atoms with Gasteiger partial charge in [0.1, 0.15) is 6.04 Å². The molecule has 1 aliphatic rings. The number of rotatable bonds is 16. The van der Waals surface area contributed by atoms with Crippen LogP contribution in [-0.4, -0.2) is 56.4 Å². The Kier molecular flexibility index (Phi) is 14.0. The standard InChI is InChI=1S/C33H47NO5S/c1-5-18-38-23-27(20-25-12-7-6-8-13-25)39-22-26-15-16-29(30(21-26)28-14-10-9-11-24(28)2)32(35)34-31(17-19-40-4)33(36)37-3/h9-11,14-16,21,25,27,31H,5-8,12-13,17-20,22-23H2,1-4H3,(H,34,35). The molecule has 2 aromatic carbocycles. The number of benzene rings is 2. The number of carbonyl (C=O) groups is 2. The minimum absolute atomic E-state index is 0.0526. The van der Waals surface area contributed by atoms with Crippen molar-refractivity contribution >= 4 is 23.6 Å². The Bertz CT molecular complexity index is 1070. The van der Waals surface area contributed by atoms with E-state index >= 15 is 0 Å². The summed E-state index contributed by atoms with van der Waals surface area (Å²) in [5.74, 6) is 0.723. The van der Waals surface area contributed by atoms with E-state index in [0.717, 1.165) is 47.5 Å². The molecule has 0 bridgehead atoms. The lowest BCUT2D eigenvalue weighted by molar-refractivity contribution is -0.142. The molecule has 1 saturated carbocycles. The van der Waals surface area contributed by atoms with Crippen LogP contribution in [0.15, 0.2) is 42.5 Å². The Morgan fingerprint density at radius 1 is 1.07 bits per heavy atom. The maximum atomic E-state index is 13.5. The van der Waals surface area contributed by atoms with Crippen molar-refractivity contribution in [2.75, 3.05) is 32.3 Å². The summed E-state index contributed by atoms with van der Waals surface area (Å²) in [7, 11) is 1.35. The second kappa shape index (κ2) is 17.5. The second-order valence-corrected chi connectivity index (χ2v) is 11.8. The van der Waals surface area contributed by atoms with Crippen molar-refractivity contribution in [2.45, 2.75) is 84.0 Å². The average molecular weight is 570 g/mol. The summed E-state index contributed by atoms with van der Waals surface area (Å²) in [6.07, 6.45) is 11.1. The number of thioether (sulfide) groups is 1. The second-order valence-electron chi connectivity index (χ2n) is 10.8. The van der Waals surface area contributed by atoms with E-state index in [1.54, 1.807) is 11.8 Å². The number of carbonyl (C=O) groups excluding carboxylic acids is 2. The Morgan fingerprint density at radius 2 is 1.85 bits per heavy atom. The molecule has 3 rings (SSSR count). The first kappa shape index (κ1) is 32.2. The Morgan fingerprint density at radius 3 is 2.55 bits per heavy atom. The molecule has 7 heteroatoms. The lowest BCUT2D eigenvalue weighted by atomic mass is 9.85. The van der Waals surface area contributed by atoms with E-state index in [1.165, 1.54) is 39.2 Å². The van der Waals surface area contributed by atoms with Gasteiger partial charge < -0.3 is 19.5 Å². The van der Waals surface area contributed by atoms with E-state index in [-0.39, 0.29) is 12.0 Å². The molecular weight excluding hydrogens is 522 g/mol. The quantitative estimate of drug-likeness (QED) is 0.174. The van der Waals surface area contributed by atoms with Crippen molar-refractivity contribution in [1.82, 2.24) is 5.32 Å². The predicted molar refractivity (Wildman–Crippen MR) is 164 cm³/mol. The van der Waals surface area contributed by atoms with E-state index < -0.39 is 12.0 Å². The van der Waals surface area contributed by atoms with Gasteiger partial charge in [-0.1, -0.05) is 69.4 Å². The van der Waals surface area contributed by atoms with Gasteiger partial charge in [0.05, 0.1) is 26.4 Å². The van der Waals surface area contributed by atoms with Gasteiger partial charge in [-0.2, -0.15) is 11.8 Å². The van der Waals surface area contributed by atoms with Crippen molar-refractivity contribution in [3.8, 4) is 11.1 Å². The molecule has 0 spiro atoms. The monoisotopic (exact) mass is 569 g/mol. The highest BCUT2D eigenvalue weighted by Gasteiger charge is 2.24. The molecule has 0 heterocycles. The van der Waals surface area contributed by atoms with Crippen LogP contribution >= 0.6 is 11.8 Å². The van der Waals surface area contributed by atoms with Crippen LogP contribution in [0.3, 0.4) is 0 Å². The maximum Gasteiger partial charge on any atom is 0.328 e.